The normalized spacial score (nSPS) is 10.5. The highest BCUT2D eigenvalue weighted by Gasteiger charge is 2.13. The fraction of sp³-hybridized carbons (Fsp3) is 0.0435. The summed E-state index contributed by atoms with van der Waals surface area (Å²) >= 11 is 0. The predicted octanol–water partition coefficient (Wildman–Crippen LogP) is 3.68. The van der Waals surface area contributed by atoms with Gasteiger partial charge < -0.3 is 9.72 Å². The van der Waals surface area contributed by atoms with E-state index in [1.54, 1.807) is 30.3 Å². The molecule has 0 saturated heterocycles. The zero-order chi connectivity index (χ0) is 21.6. The Morgan fingerprint density at radius 1 is 1.00 bits per heavy atom. The second kappa shape index (κ2) is 8.91. The van der Waals surface area contributed by atoms with Crippen molar-refractivity contribution in [1.29, 1.82) is 0 Å². The van der Waals surface area contributed by atoms with Crippen molar-refractivity contribution in [2.75, 3.05) is 5.32 Å². The topological polar surface area (TPSA) is 106 Å². The molecule has 8 heteroatoms. The number of pyridine rings is 1. The van der Waals surface area contributed by atoms with Crippen LogP contribution in [-0.2, 0) is 11.3 Å². The lowest BCUT2D eigenvalue weighted by molar-refractivity contribution is 0.0958. The van der Waals surface area contributed by atoms with E-state index in [0.717, 1.165) is 11.1 Å². The van der Waals surface area contributed by atoms with Crippen molar-refractivity contribution in [1.82, 2.24) is 14.5 Å². The van der Waals surface area contributed by atoms with Gasteiger partial charge in [0.15, 0.2) is 0 Å². The molecule has 31 heavy (non-hydrogen) atoms. The quantitative estimate of drug-likeness (QED) is 0.518. The Morgan fingerprint density at radius 2 is 1.77 bits per heavy atom. The fourth-order valence-corrected chi connectivity index (χ4v) is 2.94. The molecule has 0 bridgehead atoms. The van der Waals surface area contributed by atoms with Crippen molar-refractivity contribution < 1.29 is 14.3 Å². The van der Waals surface area contributed by atoms with Crippen molar-refractivity contribution in [3.63, 3.8) is 0 Å². The third-order valence-electron chi connectivity index (χ3n) is 4.53. The Morgan fingerprint density at radius 3 is 2.45 bits per heavy atom. The second-order valence-corrected chi connectivity index (χ2v) is 6.65. The van der Waals surface area contributed by atoms with Crippen LogP contribution in [0.4, 0.5) is 10.5 Å². The van der Waals surface area contributed by atoms with Gasteiger partial charge in [-0.1, -0.05) is 42.5 Å². The number of H-pyrrole nitrogens is 1. The number of nitrogens with zero attached hydrogens (tertiary/aromatic N) is 2. The number of hydrogen-bond donors (Lipinski definition) is 2. The first kappa shape index (κ1) is 19.8. The Hall–Kier alpha value is -4.46. The zero-order valence-electron chi connectivity index (χ0n) is 16.3. The number of nitrogens with one attached hydrogen (secondary N) is 2. The molecule has 0 unspecified atom stereocenters. The molecule has 1 amide bonds. The van der Waals surface area contributed by atoms with Gasteiger partial charge in [0.2, 0.25) is 0 Å². The molecule has 0 radical (unpaired) electrons. The summed E-state index contributed by atoms with van der Waals surface area (Å²) in [7, 11) is 0. The highest BCUT2D eigenvalue weighted by molar-refractivity contribution is 5.95. The maximum Gasteiger partial charge on any atom is 0.411 e. The van der Waals surface area contributed by atoms with E-state index in [1.165, 1.54) is 29.4 Å². The summed E-state index contributed by atoms with van der Waals surface area (Å²) < 4.78 is 6.43. The number of imidazole rings is 1. The number of rotatable bonds is 5. The first-order valence-corrected chi connectivity index (χ1v) is 9.44. The molecule has 0 aliphatic carbocycles. The van der Waals surface area contributed by atoms with Crippen molar-refractivity contribution in [3.05, 3.63) is 107 Å². The number of aromatic amines is 1. The molecule has 154 valence electrons. The maximum atomic E-state index is 12.4. The standard InChI is InChI=1S/C23H18N4O4/c28-21-19(22(29)27-13-12-24-15-27)10-11-20(26-21)17-6-8-18(9-7-17)25-23(30)31-14-16-4-2-1-3-5-16/h1-13,15H,14H2,(H,25,30)(H,26,28). The van der Waals surface area contributed by atoms with E-state index in [1.807, 2.05) is 30.3 Å². The van der Waals surface area contributed by atoms with Crippen LogP contribution in [0.3, 0.4) is 0 Å². The average Bonchev–Trinajstić information content (AvgIpc) is 3.33. The lowest BCUT2D eigenvalue weighted by Crippen LogP contribution is -2.22. The van der Waals surface area contributed by atoms with Crippen LogP contribution >= 0.6 is 0 Å². The number of ether oxygens (including phenoxy) is 1. The highest BCUT2D eigenvalue weighted by atomic mass is 16.5. The Balaban J connectivity index is 1.41. The van der Waals surface area contributed by atoms with E-state index >= 15 is 0 Å². The van der Waals surface area contributed by atoms with Crippen LogP contribution in [0.15, 0.2) is 90.2 Å². The minimum absolute atomic E-state index is 0.0150. The fourth-order valence-electron chi connectivity index (χ4n) is 2.94. The molecule has 0 fully saturated rings. The average molecular weight is 414 g/mol. The molecule has 0 atom stereocenters. The lowest BCUT2D eigenvalue weighted by atomic mass is 10.1. The van der Waals surface area contributed by atoms with Gasteiger partial charge in [-0.05, 0) is 35.4 Å². The van der Waals surface area contributed by atoms with Crippen LogP contribution < -0.4 is 10.9 Å². The van der Waals surface area contributed by atoms with Crippen LogP contribution in [0.25, 0.3) is 11.3 Å². The summed E-state index contributed by atoms with van der Waals surface area (Å²) in [5.41, 5.74) is 2.24. The molecule has 2 N–H and O–H groups in total. The first-order valence-electron chi connectivity index (χ1n) is 9.44. The molecule has 8 nitrogen and oxygen atoms in total. The molecular weight excluding hydrogens is 396 g/mol. The molecular formula is C23H18N4O4. The van der Waals surface area contributed by atoms with E-state index in [9.17, 15) is 14.4 Å². The summed E-state index contributed by atoms with van der Waals surface area (Å²) in [5, 5.41) is 2.66. The summed E-state index contributed by atoms with van der Waals surface area (Å²) in [4.78, 5) is 43.2. The van der Waals surface area contributed by atoms with Gasteiger partial charge in [-0.3, -0.25) is 19.5 Å². The van der Waals surface area contributed by atoms with Gasteiger partial charge in [0.05, 0.1) is 0 Å². The molecule has 0 aliphatic rings. The molecule has 0 saturated carbocycles. The van der Waals surface area contributed by atoms with Gasteiger partial charge in [-0.15, -0.1) is 0 Å². The van der Waals surface area contributed by atoms with Gasteiger partial charge in [-0.25, -0.2) is 9.78 Å². The zero-order valence-corrected chi connectivity index (χ0v) is 16.3. The summed E-state index contributed by atoms with van der Waals surface area (Å²) in [6.45, 7) is 0.177. The third kappa shape index (κ3) is 4.76. The van der Waals surface area contributed by atoms with Gasteiger partial charge >= 0.3 is 6.09 Å². The molecule has 2 aromatic carbocycles. The van der Waals surface area contributed by atoms with E-state index < -0.39 is 17.6 Å². The SMILES string of the molecule is O=C(Nc1ccc(-c2ccc(C(=O)n3ccnc3)c(=O)[nH]2)cc1)OCc1ccccc1. The maximum absolute atomic E-state index is 12.4. The van der Waals surface area contributed by atoms with Gasteiger partial charge in [0, 0.05) is 23.8 Å². The summed E-state index contributed by atoms with van der Waals surface area (Å²) in [6, 6.07) is 19.4. The molecule has 0 aliphatic heterocycles. The summed E-state index contributed by atoms with van der Waals surface area (Å²) in [6.07, 6.45) is 3.72. The Kier molecular flexibility index (Phi) is 5.70. The second-order valence-electron chi connectivity index (χ2n) is 6.65. The Labute approximate surface area is 177 Å². The first-order chi connectivity index (χ1) is 15.1. The monoisotopic (exact) mass is 414 g/mol. The van der Waals surface area contributed by atoms with Crippen LogP contribution in [0.1, 0.15) is 15.9 Å². The van der Waals surface area contributed by atoms with Crippen molar-refractivity contribution in [2.45, 2.75) is 6.61 Å². The van der Waals surface area contributed by atoms with Gasteiger partial charge in [0.1, 0.15) is 18.5 Å². The molecule has 4 aromatic rings. The minimum Gasteiger partial charge on any atom is -0.444 e. The number of benzene rings is 2. The van der Waals surface area contributed by atoms with Crippen molar-refractivity contribution in [2.24, 2.45) is 0 Å². The summed E-state index contributed by atoms with van der Waals surface area (Å²) in [5.74, 6) is -0.459. The van der Waals surface area contributed by atoms with Crippen LogP contribution in [0.2, 0.25) is 0 Å². The predicted molar refractivity (Wildman–Crippen MR) is 115 cm³/mol. The van der Waals surface area contributed by atoms with E-state index in [0.29, 0.717) is 11.4 Å². The van der Waals surface area contributed by atoms with Crippen LogP contribution in [0.5, 0.6) is 0 Å². The largest absolute Gasteiger partial charge is 0.444 e. The number of hydrogen-bond acceptors (Lipinski definition) is 5. The molecule has 4 rings (SSSR count). The van der Waals surface area contributed by atoms with Gasteiger partial charge in [-0.2, -0.15) is 0 Å². The highest BCUT2D eigenvalue weighted by Crippen LogP contribution is 2.19. The lowest BCUT2D eigenvalue weighted by Gasteiger charge is -2.08. The number of carbonyl (C=O) groups is 2. The van der Waals surface area contributed by atoms with Crippen molar-refractivity contribution >= 4 is 17.7 Å². The minimum atomic E-state index is -0.563. The van der Waals surface area contributed by atoms with E-state index in [4.69, 9.17) is 4.74 Å². The third-order valence-corrected chi connectivity index (χ3v) is 4.53. The van der Waals surface area contributed by atoms with Crippen LogP contribution in [0, 0.1) is 0 Å². The number of aromatic nitrogens is 3. The number of anilines is 1. The van der Waals surface area contributed by atoms with E-state index in [2.05, 4.69) is 15.3 Å². The number of amides is 1. The van der Waals surface area contributed by atoms with E-state index in [-0.39, 0.29) is 12.2 Å². The Bertz CT molecular complexity index is 1250. The smallest absolute Gasteiger partial charge is 0.411 e. The van der Waals surface area contributed by atoms with Gasteiger partial charge in [0.25, 0.3) is 11.5 Å². The van der Waals surface area contributed by atoms with Crippen LogP contribution in [-0.4, -0.2) is 26.5 Å². The molecule has 2 aromatic heterocycles. The molecule has 0 spiro atoms. The molecule has 2 heterocycles. The number of carbonyl (C=O) groups excluding carboxylic acids is 2. The van der Waals surface area contributed by atoms with Crippen molar-refractivity contribution in [3.8, 4) is 11.3 Å².